The van der Waals surface area contributed by atoms with E-state index in [1.807, 2.05) is 38.1 Å². The predicted octanol–water partition coefficient (Wildman–Crippen LogP) is 2.45. The third-order valence-corrected chi connectivity index (χ3v) is 2.82. The highest BCUT2D eigenvalue weighted by molar-refractivity contribution is 5.47. The molecular weight excluding hydrogens is 226 g/mol. The van der Waals surface area contributed by atoms with Crippen LogP contribution < -0.4 is 5.32 Å². The molecular formula is C14H17N3O. The number of benzene rings is 1. The number of nitrogens with zero attached hydrogens (tertiary/aromatic N) is 2. The van der Waals surface area contributed by atoms with Gasteiger partial charge in [-0.2, -0.15) is 0 Å². The zero-order chi connectivity index (χ0) is 13.0. The molecule has 1 heterocycles. The minimum absolute atomic E-state index is 0.0497. The van der Waals surface area contributed by atoms with Crippen LogP contribution >= 0.6 is 0 Å². The van der Waals surface area contributed by atoms with Crippen molar-refractivity contribution in [1.29, 1.82) is 0 Å². The molecule has 0 fully saturated rings. The van der Waals surface area contributed by atoms with Crippen LogP contribution in [0.5, 0.6) is 0 Å². The molecule has 1 unspecified atom stereocenters. The second-order valence-electron chi connectivity index (χ2n) is 4.25. The second-order valence-corrected chi connectivity index (χ2v) is 4.25. The van der Waals surface area contributed by atoms with E-state index in [0.29, 0.717) is 0 Å². The van der Waals surface area contributed by atoms with Gasteiger partial charge in [-0.3, -0.25) is 9.97 Å². The number of aliphatic hydroxyl groups is 1. The van der Waals surface area contributed by atoms with E-state index in [1.54, 1.807) is 12.4 Å². The van der Waals surface area contributed by atoms with Gasteiger partial charge in [0, 0.05) is 18.1 Å². The lowest BCUT2D eigenvalue weighted by Crippen LogP contribution is -2.11. The maximum atomic E-state index is 9.11. The van der Waals surface area contributed by atoms with Gasteiger partial charge in [-0.25, -0.2) is 0 Å². The Morgan fingerprint density at radius 3 is 2.78 bits per heavy atom. The smallest absolute Gasteiger partial charge is 0.0835 e. The van der Waals surface area contributed by atoms with Crippen molar-refractivity contribution in [3.8, 4) is 0 Å². The van der Waals surface area contributed by atoms with Gasteiger partial charge in [0.2, 0.25) is 0 Å². The molecule has 94 valence electrons. The third-order valence-electron chi connectivity index (χ3n) is 2.82. The first-order valence-corrected chi connectivity index (χ1v) is 5.94. The fourth-order valence-corrected chi connectivity index (χ4v) is 1.92. The van der Waals surface area contributed by atoms with Crippen LogP contribution in [0.1, 0.15) is 29.9 Å². The van der Waals surface area contributed by atoms with Gasteiger partial charge in [-0.05, 0) is 31.5 Å². The van der Waals surface area contributed by atoms with Crippen LogP contribution in [0.15, 0.2) is 36.7 Å². The highest BCUT2D eigenvalue weighted by Gasteiger charge is 2.10. The number of hydrogen-bond donors (Lipinski definition) is 2. The van der Waals surface area contributed by atoms with Crippen molar-refractivity contribution in [3.63, 3.8) is 0 Å². The molecule has 2 N–H and O–H groups in total. The molecule has 1 atom stereocenters. The van der Waals surface area contributed by atoms with Crippen molar-refractivity contribution in [1.82, 2.24) is 9.97 Å². The minimum Gasteiger partial charge on any atom is -0.392 e. The molecule has 2 aromatic rings. The molecule has 0 radical (unpaired) electrons. The molecule has 4 heteroatoms. The van der Waals surface area contributed by atoms with Crippen LogP contribution in [0.4, 0.5) is 5.69 Å². The molecule has 4 nitrogen and oxygen atoms in total. The largest absolute Gasteiger partial charge is 0.392 e. The van der Waals surface area contributed by atoms with Crippen LogP contribution in [-0.4, -0.2) is 15.1 Å². The van der Waals surface area contributed by atoms with E-state index in [4.69, 9.17) is 5.11 Å². The summed E-state index contributed by atoms with van der Waals surface area (Å²) in [6.45, 7) is 4.04. The summed E-state index contributed by atoms with van der Waals surface area (Å²) in [7, 11) is 0. The maximum Gasteiger partial charge on any atom is 0.0835 e. The summed E-state index contributed by atoms with van der Waals surface area (Å²) in [5, 5.41) is 12.5. The summed E-state index contributed by atoms with van der Waals surface area (Å²) in [5.41, 5.74) is 3.73. The Kier molecular flexibility index (Phi) is 3.89. The van der Waals surface area contributed by atoms with E-state index in [0.717, 1.165) is 22.6 Å². The number of aryl methyl sites for hydroxylation is 1. The number of anilines is 1. The van der Waals surface area contributed by atoms with Gasteiger partial charge >= 0.3 is 0 Å². The molecule has 0 aliphatic rings. The predicted molar refractivity (Wildman–Crippen MR) is 71.2 cm³/mol. The first-order valence-electron chi connectivity index (χ1n) is 5.94. The summed E-state index contributed by atoms with van der Waals surface area (Å²) < 4.78 is 0. The van der Waals surface area contributed by atoms with Gasteiger partial charge in [-0.1, -0.05) is 12.1 Å². The number of rotatable bonds is 4. The minimum atomic E-state index is 0.0497. The Labute approximate surface area is 107 Å². The Balaban J connectivity index is 2.16. The molecule has 0 saturated carbocycles. The molecule has 2 rings (SSSR count). The highest BCUT2D eigenvalue weighted by atomic mass is 16.3. The van der Waals surface area contributed by atoms with E-state index >= 15 is 0 Å². The van der Waals surface area contributed by atoms with E-state index < -0.39 is 0 Å². The van der Waals surface area contributed by atoms with Crippen molar-refractivity contribution in [3.05, 3.63) is 53.6 Å². The van der Waals surface area contributed by atoms with Crippen LogP contribution in [-0.2, 0) is 6.61 Å². The lowest BCUT2D eigenvalue weighted by molar-refractivity contribution is 0.282. The Bertz CT molecular complexity index is 528. The summed E-state index contributed by atoms with van der Waals surface area (Å²) in [6, 6.07) is 7.80. The average Bonchev–Trinajstić information content (AvgIpc) is 2.39. The molecule has 0 aliphatic carbocycles. The first kappa shape index (κ1) is 12.5. The maximum absolute atomic E-state index is 9.11. The van der Waals surface area contributed by atoms with Crippen molar-refractivity contribution < 1.29 is 5.11 Å². The number of aliphatic hydroxyl groups excluding tert-OH is 1. The van der Waals surface area contributed by atoms with Gasteiger partial charge in [0.15, 0.2) is 0 Å². The summed E-state index contributed by atoms with van der Waals surface area (Å²) in [4.78, 5) is 8.58. The standard InChI is InChI=1S/C14H17N3O/c1-10-14(16-7-6-15-10)11(2)17-13-5-3-4-12(8-13)9-18/h3-8,11,17-18H,9H2,1-2H3. The lowest BCUT2D eigenvalue weighted by atomic mass is 10.1. The summed E-state index contributed by atoms with van der Waals surface area (Å²) >= 11 is 0. The fraction of sp³-hybridized carbons (Fsp3) is 0.286. The van der Waals surface area contributed by atoms with Crippen LogP contribution in [0, 0.1) is 6.92 Å². The topological polar surface area (TPSA) is 58.0 Å². The molecule has 0 amide bonds. The summed E-state index contributed by atoms with van der Waals surface area (Å²) in [6.07, 6.45) is 3.39. The zero-order valence-corrected chi connectivity index (χ0v) is 10.6. The highest BCUT2D eigenvalue weighted by Crippen LogP contribution is 2.19. The second kappa shape index (κ2) is 5.60. The Morgan fingerprint density at radius 1 is 1.28 bits per heavy atom. The number of nitrogens with one attached hydrogen (secondary N) is 1. The van der Waals surface area contributed by atoms with Gasteiger partial charge in [0.25, 0.3) is 0 Å². The van der Waals surface area contributed by atoms with Crippen molar-refractivity contribution >= 4 is 5.69 Å². The van der Waals surface area contributed by atoms with Gasteiger partial charge in [0.1, 0.15) is 0 Å². The number of hydrogen-bond acceptors (Lipinski definition) is 4. The monoisotopic (exact) mass is 243 g/mol. The Morgan fingerprint density at radius 2 is 2.06 bits per heavy atom. The molecule has 0 aliphatic heterocycles. The fourth-order valence-electron chi connectivity index (χ4n) is 1.92. The average molecular weight is 243 g/mol. The van der Waals surface area contributed by atoms with E-state index in [2.05, 4.69) is 15.3 Å². The molecule has 1 aromatic heterocycles. The summed E-state index contributed by atoms with van der Waals surface area (Å²) in [5.74, 6) is 0. The van der Waals surface area contributed by atoms with Gasteiger partial charge in [-0.15, -0.1) is 0 Å². The van der Waals surface area contributed by atoms with Crippen LogP contribution in [0.3, 0.4) is 0 Å². The normalized spacial score (nSPS) is 12.2. The third kappa shape index (κ3) is 2.84. The van der Waals surface area contributed by atoms with Crippen LogP contribution in [0.25, 0.3) is 0 Å². The van der Waals surface area contributed by atoms with Crippen molar-refractivity contribution in [2.24, 2.45) is 0 Å². The Hall–Kier alpha value is -1.94. The van der Waals surface area contributed by atoms with Crippen molar-refractivity contribution in [2.45, 2.75) is 26.5 Å². The molecule has 0 bridgehead atoms. The van der Waals surface area contributed by atoms with Crippen molar-refractivity contribution in [2.75, 3.05) is 5.32 Å². The quantitative estimate of drug-likeness (QED) is 0.866. The molecule has 1 aromatic carbocycles. The molecule has 18 heavy (non-hydrogen) atoms. The first-order chi connectivity index (χ1) is 8.70. The van der Waals surface area contributed by atoms with E-state index in [9.17, 15) is 0 Å². The van der Waals surface area contributed by atoms with Gasteiger partial charge in [0.05, 0.1) is 24.0 Å². The van der Waals surface area contributed by atoms with Crippen LogP contribution in [0.2, 0.25) is 0 Å². The SMILES string of the molecule is Cc1nccnc1C(C)Nc1cccc(CO)c1. The molecule has 0 spiro atoms. The zero-order valence-electron chi connectivity index (χ0n) is 10.6. The lowest BCUT2D eigenvalue weighted by Gasteiger charge is -2.16. The van der Waals surface area contributed by atoms with E-state index in [1.165, 1.54) is 0 Å². The van der Waals surface area contributed by atoms with E-state index in [-0.39, 0.29) is 12.6 Å². The van der Waals surface area contributed by atoms with Gasteiger partial charge < -0.3 is 10.4 Å². The molecule has 0 saturated heterocycles. The number of aromatic nitrogens is 2.